The topological polar surface area (TPSA) is 103 Å². The first-order valence-electron chi connectivity index (χ1n) is 11.7. The van der Waals surface area contributed by atoms with Gasteiger partial charge in [0.15, 0.2) is 5.78 Å². The Labute approximate surface area is 194 Å². The van der Waals surface area contributed by atoms with Gasteiger partial charge in [-0.25, -0.2) is 0 Å². The number of carbonyl (C=O) groups excluding carboxylic acids is 4. The molecule has 180 valence electrons. The third kappa shape index (κ3) is 3.49. The third-order valence-electron chi connectivity index (χ3n) is 8.69. The van der Waals surface area contributed by atoms with Crippen LogP contribution in [0, 0.1) is 28.6 Å². The minimum atomic E-state index is -0.736. The van der Waals surface area contributed by atoms with Crippen LogP contribution >= 0.6 is 0 Å². The molecule has 1 aliphatic heterocycles. The molecule has 1 aromatic rings. The molecule has 3 fully saturated rings. The number of carbonyl (C=O) groups is 4. The van der Waals surface area contributed by atoms with Crippen molar-refractivity contribution in [3.63, 3.8) is 0 Å². The van der Waals surface area contributed by atoms with E-state index in [9.17, 15) is 19.2 Å². The maximum atomic E-state index is 14.1. The standard InChI is InChI=1S/C25H33NO7/c1-6-19(27)26(4)17-11-16(22(29)31-5)24(2)9-7-15-23(30)33-18(14-8-10-32-13-14)12-25(15,3)21(24)20(17)28/h8,10,13,15-18,21H,6-7,9,11-12H2,1-5H3/t15-,16-,17-,18+,21-,24-,25-/m0/s1. The number of rotatable bonds is 4. The van der Waals surface area contributed by atoms with Crippen molar-refractivity contribution in [2.45, 2.75) is 65.0 Å². The molecule has 2 saturated carbocycles. The van der Waals surface area contributed by atoms with Gasteiger partial charge in [-0.1, -0.05) is 20.8 Å². The van der Waals surface area contributed by atoms with Gasteiger partial charge in [0.25, 0.3) is 0 Å². The van der Waals surface area contributed by atoms with Crippen LogP contribution in [0.25, 0.3) is 0 Å². The van der Waals surface area contributed by atoms with E-state index >= 15 is 0 Å². The fourth-order valence-electron chi connectivity index (χ4n) is 6.94. The Kier molecular flexibility index (Phi) is 5.91. The molecule has 8 nitrogen and oxygen atoms in total. The molecule has 3 aliphatic rings. The van der Waals surface area contributed by atoms with E-state index in [4.69, 9.17) is 13.9 Å². The van der Waals surface area contributed by atoms with Crippen LogP contribution in [-0.4, -0.2) is 48.7 Å². The minimum absolute atomic E-state index is 0.0743. The summed E-state index contributed by atoms with van der Waals surface area (Å²) in [7, 11) is 2.98. The number of methoxy groups -OCH3 is 1. The zero-order valence-corrected chi connectivity index (χ0v) is 20.0. The van der Waals surface area contributed by atoms with Gasteiger partial charge in [-0.05, 0) is 42.6 Å². The van der Waals surface area contributed by atoms with Crippen molar-refractivity contribution in [3.05, 3.63) is 24.2 Å². The number of esters is 2. The predicted molar refractivity (Wildman–Crippen MR) is 117 cm³/mol. The maximum Gasteiger partial charge on any atom is 0.310 e. The second-order valence-electron chi connectivity index (χ2n) is 10.3. The number of furan rings is 1. The highest BCUT2D eigenvalue weighted by atomic mass is 16.5. The normalized spacial score (nSPS) is 38.0. The predicted octanol–water partition coefficient (Wildman–Crippen LogP) is 3.31. The number of nitrogens with zero attached hydrogens (tertiary/aromatic N) is 1. The first-order chi connectivity index (χ1) is 15.6. The highest BCUT2D eigenvalue weighted by molar-refractivity contribution is 5.95. The molecule has 8 heteroatoms. The van der Waals surface area contributed by atoms with Gasteiger partial charge in [0.05, 0.1) is 37.5 Å². The van der Waals surface area contributed by atoms with Gasteiger partial charge in [-0.15, -0.1) is 0 Å². The lowest BCUT2D eigenvalue weighted by Gasteiger charge is -2.61. The zero-order chi connectivity index (χ0) is 24.1. The lowest BCUT2D eigenvalue weighted by molar-refractivity contribution is -0.206. The summed E-state index contributed by atoms with van der Waals surface area (Å²) in [6.45, 7) is 5.70. The first kappa shape index (κ1) is 23.5. The third-order valence-corrected chi connectivity index (χ3v) is 8.69. The Hall–Kier alpha value is -2.64. The monoisotopic (exact) mass is 459 g/mol. The summed E-state index contributed by atoms with van der Waals surface area (Å²) >= 11 is 0. The highest BCUT2D eigenvalue weighted by Crippen LogP contribution is 2.65. The fourth-order valence-corrected chi connectivity index (χ4v) is 6.94. The Morgan fingerprint density at radius 1 is 1.24 bits per heavy atom. The van der Waals surface area contributed by atoms with E-state index < -0.39 is 40.7 Å². The molecule has 1 amide bonds. The SMILES string of the molecule is CCC(=O)N(C)[C@H]1C[C@@H](C(=O)OC)[C@]2(C)CC[C@H]3C(=O)O[C@@H](c4ccoc4)C[C@]3(C)[C@H]2C1=O. The van der Waals surface area contributed by atoms with Gasteiger partial charge < -0.3 is 18.8 Å². The molecule has 0 spiro atoms. The van der Waals surface area contributed by atoms with Crippen LogP contribution in [0.2, 0.25) is 0 Å². The Morgan fingerprint density at radius 2 is 1.97 bits per heavy atom. The van der Waals surface area contributed by atoms with Gasteiger partial charge in [-0.2, -0.15) is 0 Å². The average molecular weight is 460 g/mol. The Balaban J connectivity index is 1.81. The summed E-state index contributed by atoms with van der Waals surface area (Å²) < 4.78 is 16.1. The fraction of sp³-hybridized carbons (Fsp3) is 0.680. The summed E-state index contributed by atoms with van der Waals surface area (Å²) in [6.07, 6.45) is 4.57. The molecule has 1 saturated heterocycles. The molecule has 33 heavy (non-hydrogen) atoms. The van der Waals surface area contributed by atoms with Crippen LogP contribution in [0.1, 0.15) is 64.5 Å². The largest absolute Gasteiger partial charge is 0.472 e. The van der Waals surface area contributed by atoms with Gasteiger partial charge in [0, 0.05) is 24.9 Å². The van der Waals surface area contributed by atoms with Crippen molar-refractivity contribution >= 4 is 23.6 Å². The van der Waals surface area contributed by atoms with Crippen molar-refractivity contribution < 1.29 is 33.1 Å². The zero-order valence-electron chi connectivity index (χ0n) is 20.0. The number of likely N-dealkylation sites (N-methyl/N-ethyl adjacent to an activating group) is 1. The minimum Gasteiger partial charge on any atom is -0.472 e. The van der Waals surface area contributed by atoms with Gasteiger partial charge in [0.1, 0.15) is 6.10 Å². The van der Waals surface area contributed by atoms with Crippen molar-refractivity contribution in [1.29, 1.82) is 0 Å². The number of hydrogen-bond donors (Lipinski definition) is 0. The van der Waals surface area contributed by atoms with Crippen LogP contribution in [-0.2, 0) is 28.7 Å². The molecule has 1 aromatic heterocycles. The van der Waals surface area contributed by atoms with Gasteiger partial charge in [0.2, 0.25) is 5.91 Å². The smallest absolute Gasteiger partial charge is 0.310 e. The van der Waals surface area contributed by atoms with Crippen molar-refractivity contribution in [2.75, 3.05) is 14.2 Å². The summed E-state index contributed by atoms with van der Waals surface area (Å²) in [4.78, 5) is 54.3. The van der Waals surface area contributed by atoms with Crippen LogP contribution in [0.15, 0.2) is 23.0 Å². The molecule has 2 aliphatic carbocycles. The molecule has 4 rings (SSSR count). The van der Waals surface area contributed by atoms with E-state index in [0.29, 0.717) is 19.3 Å². The lowest BCUT2D eigenvalue weighted by atomic mass is 9.42. The number of ketones is 1. The Morgan fingerprint density at radius 3 is 2.58 bits per heavy atom. The van der Waals surface area contributed by atoms with Crippen LogP contribution in [0.3, 0.4) is 0 Å². The summed E-state index contributed by atoms with van der Waals surface area (Å²) in [5, 5.41) is 0. The van der Waals surface area contributed by atoms with Crippen molar-refractivity contribution in [2.24, 2.45) is 28.6 Å². The molecule has 0 radical (unpaired) electrons. The van der Waals surface area contributed by atoms with E-state index in [1.807, 2.05) is 13.8 Å². The molecule has 0 N–H and O–H groups in total. The number of Topliss-reactive ketones (excluding diaryl/α,β-unsaturated/α-hetero) is 1. The summed E-state index contributed by atoms with van der Waals surface area (Å²) in [5.74, 6) is -2.52. The number of fused-ring (bicyclic) bond motifs is 3. The molecule has 2 heterocycles. The molecular formula is C25H33NO7. The quantitative estimate of drug-likeness (QED) is 0.637. The lowest BCUT2D eigenvalue weighted by Crippen LogP contribution is -2.66. The van der Waals surface area contributed by atoms with Crippen LogP contribution < -0.4 is 0 Å². The highest BCUT2D eigenvalue weighted by Gasteiger charge is 2.67. The maximum absolute atomic E-state index is 14.1. The van der Waals surface area contributed by atoms with Gasteiger partial charge in [-0.3, -0.25) is 19.2 Å². The number of hydrogen-bond acceptors (Lipinski definition) is 7. The van der Waals surface area contributed by atoms with Gasteiger partial charge >= 0.3 is 11.9 Å². The van der Waals surface area contributed by atoms with Crippen molar-refractivity contribution in [1.82, 2.24) is 4.90 Å². The second kappa shape index (κ2) is 8.29. The van der Waals surface area contributed by atoms with Crippen molar-refractivity contribution in [3.8, 4) is 0 Å². The molecular weight excluding hydrogens is 426 g/mol. The van der Waals surface area contributed by atoms with E-state index in [-0.39, 0.29) is 36.5 Å². The average Bonchev–Trinajstić information content (AvgIpc) is 3.32. The molecule has 0 unspecified atom stereocenters. The molecule has 7 atom stereocenters. The molecule has 0 bridgehead atoms. The van der Waals surface area contributed by atoms with Crippen LogP contribution in [0.5, 0.6) is 0 Å². The summed E-state index contributed by atoms with van der Waals surface area (Å²) in [5.41, 5.74) is -0.666. The number of ether oxygens (including phenoxy) is 2. The van der Waals surface area contributed by atoms with Crippen LogP contribution in [0.4, 0.5) is 0 Å². The van der Waals surface area contributed by atoms with E-state index in [1.165, 1.54) is 18.3 Å². The molecule has 0 aromatic carbocycles. The van der Waals surface area contributed by atoms with E-state index in [1.54, 1.807) is 26.3 Å². The second-order valence-corrected chi connectivity index (χ2v) is 10.3. The summed E-state index contributed by atoms with van der Waals surface area (Å²) in [6, 6.07) is 1.03. The van der Waals surface area contributed by atoms with E-state index in [0.717, 1.165) is 5.56 Å². The number of amides is 1. The number of cyclic esters (lactones) is 1. The first-order valence-corrected chi connectivity index (χ1v) is 11.7. The Bertz CT molecular complexity index is 956. The van der Waals surface area contributed by atoms with E-state index in [2.05, 4.69) is 0 Å².